The molecule has 5 rings (SSSR count). The topological polar surface area (TPSA) is 118 Å². The molecule has 0 bridgehead atoms. The Labute approximate surface area is 231 Å². The molecule has 3 aromatic carbocycles. The number of rotatable bonds is 8. The van der Waals surface area contributed by atoms with E-state index in [0.29, 0.717) is 22.5 Å². The van der Waals surface area contributed by atoms with Crippen LogP contribution in [0.3, 0.4) is 0 Å². The Morgan fingerprint density at radius 2 is 1.85 bits per heavy atom. The molecule has 12 heteroatoms. The van der Waals surface area contributed by atoms with Crippen LogP contribution < -0.4 is 10.5 Å². The van der Waals surface area contributed by atoms with Crippen LogP contribution in [0.15, 0.2) is 94.8 Å². The second kappa shape index (κ2) is 10.5. The van der Waals surface area contributed by atoms with E-state index in [1.807, 2.05) is 16.9 Å². The SMILES string of the molecule is C=CSc1ccc(-c2cnc3[nH]cc(C(=O)c4c(F)ccc(NS(=O)(=O)c5cccc(F)c5)c4F)c3c2)cc1N. The van der Waals surface area contributed by atoms with Crippen LogP contribution in [-0.4, -0.2) is 24.2 Å². The first-order chi connectivity index (χ1) is 19.1. The first-order valence-electron chi connectivity index (χ1n) is 11.5. The normalized spacial score (nSPS) is 11.5. The van der Waals surface area contributed by atoms with Gasteiger partial charge in [-0.15, -0.1) is 0 Å². The number of aromatic nitrogens is 2. The highest BCUT2D eigenvalue weighted by Crippen LogP contribution is 2.33. The van der Waals surface area contributed by atoms with Crippen molar-refractivity contribution in [2.45, 2.75) is 9.79 Å². The fourth-order valence-electron chi connectivity index (χ4n) is 4.09. The van der Waals surface area contributed by atoms with Crippen molar-refractivity contribution < 1.29 is 26.4 Å². The van der Waals surface area contributed by atoms with E-state index in [4.69, 9.17) is 5.73 Å². The summed E-state index contributed by atoms with van der Waals surface area (Å²) < 4.78 is 71.2. The van der Waals surface area contributed by atoms with Crippen molar-refractivity contribution >= 4 is 50.0 Å². The van der Waals surface area contributed by atoms with Gasteiger partial charge in [0.1, 0.15) is 17.3 Å². The molecule has 0 spiro atoms. The number of pyridine rings is 1. The summed E-state index contributed by atoms with van der Waals surface area (Å²) in [4.78, 5) is 20.9. The minimum absolute atomic E-state index is 0.0842. The standard InChI is InChI=1S/C28H19F3N4O3S2/c1-2-39-24-9-6-15(11-22(24)32)16-10-19-20(14-34-28(19)33-13-16)27(36)25-21(30)7-8-23(26(25)31)35-40(37,38)18-5-3-4-17(29)12-18/h2-14,35H,1,32H2,(H,33,34). The molecule has 0 fully saturated rings. The maximum absolute atomic E-state index is 15.5. The maximum Gasteiger partial charge on any atom is 0.262 e. The molecular formula is C28H19F3N4O3S2. The number of nitrogens with zero attached hydrogens (tertiary/aromatic N) is 1. The number of fused-ring (bicyclic) bond motifs is 1. The zero-order valence-electron chi connectivity index (χ0n) is 20.4. The van der Waals surface area contributed by atoms with Gasteiger partial charge in [-0.2, -0.15) is 0 Å². The monoisotopic (exact) mass is 580 g/mol. The summed E-state index contributed by atoms with van der Waals surface area (Å²) in [6.45, 7) is 3.67. The van der Waals surface area contributed by atoms with Gasteiger partial charge in [-0.25, -0.2) is 26.6 Å². The minimum Gasteiger partial charge on any atom is -0.398 e. The number of hydrogen-bond acceptors (Lipinski definition) is 6. The Balaban J connectivity index is 1.53. The molecule has 0 unspecified atom stereocenters. The Bertz CT molecular complexity index is 1920. The van der Waals surface area contributed by atoms with Crippen LogP contribution in [-0.2, 0) is 10.0 Å². The van der Waals surface area contributed by atoms with Gasteiger partial charge < -0.3 is 10.7 Å². The second-order valence-electron chi connectivity index (χ2n) is 8.54. The number of halogens is 3. The summed E-state index contributed by atoms with van der Waals surface area (Å²) in [5.41, 5.74) is 6.49. The van der Waals surface area contributed by atoms with Gasteiger partial charge >= 0.3 is 0 Å². The molecule has 0 aliphatic heterocycles. The van der Waals surface area contributed by atoms with E-state index in [1.54, 1.807) is 23.7 Å². The third-order valence-corrected chi connectivity index (χ3v) is 8.15. The van der Waals surface area contributed by atoms with Crippen molar-refractivity contribution in [1.82, 2.24) is 9.97 Å². The highest BCUT2D eigenvalue weighted by atomic mass is 32.2. The summed E-state index contributed by atoms with van der Waals surface area (Å²) >= 11 is 1.36. The van der Waals surface area contributed by atoms with Gasteiger partial charge in [-0.05, 0) is 59.5 Å². The van der Waals surface area contributed by atoms with Gasteiger partial charge in [-0.1, -0.05) is 30.5 Å². The van der Waals surface area contributed by atoms with Gasteiger partial charge in [0.25, 0.3) is 10.0 Å². The lowest BCUT2D eigenvalue weighted by atomic mass is 9.99. The summed E-state index contributed by atoms with van der Waals surface area (Å²) in [6.07, 6.45) is 2.83. The number of benzene rings is 3. The predicted octanol–water partition coefficient (Wildman–Crippen LogP) is 6.50. The number of ketones is 1. The number of sulfonamides is 1. The van der Waals surface area contributed by atoms with Crippen molar-refractivity contribution in [2.75, 3.05) is 10.5 Å². The Morgan fingerprint density at radius 1 is 1.05 bits per heavy atom. The molecule has 0 atom stereocenters. The third-order valence-electron chi connectivity index (χ3n) is 6.00. The Hall–Kier alpha value is -4.55. The Kier molecular flexibility index (Phi) is 7.13. The molecule has 4 N–H and O–H groups in total. The quantitative estimate of drug-likeness (QED) is 0.110. The number of H-pyrrole nitrogens is 1. The van der Waals surface area contributed by atoms with Crippen LogP contribution in [0.4, 0.5) is 24.5 Å². The lowest BCUT2D eigenvalue weighted by Gasteiger charge is -2.12. The Morgan fingerprint density at radius 3 is 2.58 bits per heavy atom. The molecule has 7 nitrogen and oxygen atoms in total. The highest BCUT2D eigenvalue weighted by Gasteiger charge is 2.26. The number of anilines is 2. The van der Waals surface area contributed by atoms with Crippen molar-refractivity contribution in [1.29, 1.82) is 0 Å². The zero-order valence-corrected chi connectivity index (χ0v) is 22.0. The molecule has 0 saturated carbocycles. The minimum atomic E-state index is -4.45. The van der Waals surface area contributed by atoms with Gasteiger partial charge in [-0.3, -0.25) is 9.52 Å². The van der Waals surface area contributed by atoms with Crippen LogP contribution >= 0.6 is 11.8 Å². The molecule has 0 amide bonds. The number of hydrogen-bond donors (Lipinski definition) is 3. The van der Waals surface area contributed by atoms with Crippen LogP contribution in [0.1, 0.15) is 15.9 Å². The lowest BCUT2D eigenvalue weighted by Crippen LogP contribution is -2.16. The van der Waals surface area contributed by atoms with Crippen molar-refractivity contribution in [2.24, 2.45) is 0 Å². The fourth-order valence-corrected chi connectivity index (χ4v) is 5.70. The van der Waals surface area contributed by atoms with E-state index < -0.39 is 49.4 Å². The molecular weight excluding hydrogens is 561 g/mol. The molecule has 0 aliphatic rings. The molecule has 5 aromatic rings. The van der Waals surface area contributed by atoms with Crippen molar-refractivity contribution in [3.05, 3.63) is 114 Å². The molecule has 40 heavy (non-hydrogen) atoms. The number of thioether (sulfide) groups is 1. The van der Waals surface area contributed by atoms with Gasteiger partial charge in [0.2, 0.25) is 5.78 Å². The van der Waals surface area contributed by atoms with Gasteiger partial charge in [0, 0.05) is 39.5 Å². The number of aromatic amines is 1. The smallest absolute Gasteiger partial charge is 0.262 e. The van der Waals surface area contributed by atoms with E-state index in [1.165, 1.54) is 24.0 Å². The van der Waals surface area contributed by atoms with Crippen LogP contribution in [0.25, 0.3) is 22.2 Å². The van der Waals surface area contributed by atoms with Crippen molar-refractivity contribution in [3.63, 3.8) is 0 Å². The third kappa shape index (κ3) is 5.06. The average molecular weight is 581 g/mol. The van der Waals surface area contributed by atoms with E-state index >= 15 is 4.39 Å². The first-order valence-corrected chi connectivity index (χ1v) is 13.9. The summed E-state index contributed by atoms with van der Waals surface area (Å²) in [7, 11) is -4.45. The number of carbonyl (C=O) groups is 1. The van der Waals surface area contributed by atoms with E-state index in [-0.39, 0.29) is 10.9 Å². The zero-order chi connectivity index (χ0) is 28.6. The maximum atomic E-state index is 15.5. The fraction of sp³-hybridized carbons (Fsp3) is 0. The summed E-state index contributed by atoms with van der Waals surface area (Å²) in [5.74, 6) is -4.48. The second-order valence-corrected chi connectivity index (χ2v) is 11.2. The van der Waals surface area contributed by atoms with E-state index in [2.05, 4.69) is 16.5 Å². The number of carbonyl (C=O) groups excluding carboxylic acids is 1. The van der Waals surface area contributed by atoms with Crippen LogP contribution in [0, 0.1) is 17.5 Å². The van der Waals surface area contributed by atoms with E-state index in [0.717, 1.165) is 35.2 Å². The van der Waals surface area contributed by atoms with Gasteiger partial charge in [0.15, 0.2) is 5.82 Å². The molecule has 0 radical (unpaired) electrons. The summed E-state index contributed by atoms with van der Waals surface area (Å²) in [6, 6.07) is 12.7. The molecule has 0 aliphatic carbocycles. The molecule has 202 valence electrons. The highest BCUT2D eigenvalue weighted by molar-refractivity contribution is 8.02. The number of nitrogens with one attached hydrogen (secondary N) is 2. The number of nitrogen functional groups attached to an aromatic ring is 1. The molecule has 2 aromatic heterocycles. The lowest BCUT2D eigenvalue weighted by molar-refractivity contribution is 0.103. The predicted molar refractivity (Wildman–Crippen MR) is 149 cm³/mol. The molecule has 0 saturated heterocycles. The van der Waals surface area contributed by atoms with Crippen molar-refractivity contribution in [3.8, 4) is 11.1 Å². The van der Waals surface area contributed by atoms with Crippen LogP contribution in [0.2, 0.25) is 0 Å². The van der Waals surface area contributed by atoms with Gasteiger partial charge in [0.05, 0.1) is 16.1 Å². The van der Waals surface area contributed by atoms with E-state index in [9.17, 15) is 22.0 Å². The summed E-state index contributed by atoms with van der Waals surface area (Å²) in [5, 5.41) is 1.94. The molecule has 2 heterocycles. The largest absolute Gasteiger partial charge is 0.398 e. The first kappa shape index (κ1) is 27.0. The van der Waals surface area contributed by atoms with Crippen LogP contribution in [0.5, 0.6) is 0 Å². The number of nitrogens with two attached hydrogens (primary N) is 1. The average Bonchev–Trinajstić information content (AvgIpc) is 3.35.